The maximum Gasteiger partial charge on any atom is 0.209 e. The van der Waals surface area contributed by atoms with Crippen molar-refractivity contribution in [1.82, 2.24) is 0 Å². The van der Waals surface area contributed by atoms with Crippen molar-refractivity contribution >= 4 is 34.6 Å². The predicted molar refractivity (Wildman–Crippen MR) is 118 cm³/mol. The van der Waals surface area contributed by atoms with Crippen LogP contribution in [-0.4, -0.2) is 17.3 Å². The Labute approximate surface area is 179 Å². The molecule has 0 saturated carbocycles. The fraction of sp³-hybridized carbons (Fsp3) is 0.160. The molecule has 148 valence electrons. The van der Waals surface area contributed by atoms with Gasteiger partial charge in [-0.2, -0.15) is 5.10 Å². The highest BCUT2D eigenvalue weighted by atomic mass is 35.5. The molecule has 1 aliphatic carbocycles. The van der Waals surface area contributed by atoms with Gasteiger partial charge in [-0.05, 0) is 29.8 Å². The molecular formula is C25H19ClN2O2. The Morgan fingerprint density at radius 2 is 1.67 bits per heavy atom. The summed E-state index contributed by atoms with van der Waals surface area (Å²) in [5.41, 5.74) is 2.73. The number of hydrogen-bond acceptors (Lipinski definition) is 4. The Morgan fingerprint density at radius 3 is 2.40 bits per heavy atom. The largest absolute Gasteiger partial charge is 0.294 e. The molecule has 2 unspecified atom stereocenters. The normalized spacial score (nSPS) is 22.3. The van der Waals surface area contributed by atoms with E-state index in [-0.39, 0.29) is 23.9 Å². The molecule has 3 aromatic carbocycles. The molecule has 0 bridgehead atoms. The van der Waals surface area contributed by atoms with Crippen LogP contribution >= 0.6 is 11.6 Å². The van der Waals surface area contributed by atoms with Gasteiger partial charge < -0.3 is 0 Å². The van der Waals surface area contributed by atoms with E-state index in [2.05, 4.69) is 0 Å². The zero-order chi connectivity index (χ0) is 20.9. The van der Waals surface area contributed by atoms with E-state index in [1.54, 1.807) is 24.3 Å². The van der Waals surface area contributed by atoms with Crippen molar-refractivity contribution in [2.24, 2.45) is 11.0 Å². The number of anilines is 1. The minimum Gasteiger partial charge on any atom is -0.294 e. The van der Waals surface area contributed by atoms with Crippen LogP contribution in [0.15, 0.2) is 84.0 Å². The zero-order valence-electron chi connectivity index (χ0n) is 16.4. The van der Waals surface area contributed by atoms with Crippen LogP contribution < -0.4 is 5.01 Å². The smallest absolute Gasteiger partial charge is 0.209 e. The number of nitrogens with zero attached hydrogens (tertiary/aromatic N) is 2. The third-order valence-corrected chi connectivity index (χ3v) is 6.43. The topological polar surface area (TPSA) is 49.7 Å². The average Bonchev–Trinajstić information content (AvgIpc) is 3.24. The van der Waals surface area contributed by atoms with Gasteiger partial charge in [0.2, 0.25) is 5.78 Å². The van der Waals surface area contributed by atoms with Crippen LogP contribution in [-0.2, 0) is 5.54 Å². The van der Waals surface area contributed by atoms with Gasteiger partial charge >= 0.3 is 0 Å². The molecule has 5 rings (SSSR count). The van der Waals surface area contributed by atoms with Crippen LogP contribution in [0.2, 0.25) is 5.02 Å². The maximum atomic E-state index is 13.4. The van der Waals surface area contributed by atoms with Gasteiger partial charge in [0.1, 0.15) is 11.3 Å². The molecule has 0 amide bonds. The van der Waals surface area contributed by atoms with Crippen LogP contribution in [0.5, 0.6) is 0 Å². The molecule has 3 aromatic rings. The second-order valence-electron chi connectivity index (χ2n) is 7.76. The Hall–Kier alpha value is -3.24. The molecule has 2 atom stereocenters. The fourth-order valence-corrected chi connectivity index (χ4v) is 4.78. The lowest BCUT2D eigenvalue weighted by Crippen LogP contribution is -2.44. The van der Waals surface area contributed by atoms with Gasteiger partial charge in [0.05, 0.1) is 5.69 Å². The second-order valence-corrected chi connectivity index (χ2v) is 8.20. The van der Waals surface area contributed by atoms with E-state index in [1.165, 1.54) is 0 Å². The van der Waals surface area contributed by atoms with Crippen LogP contribution in [0.3, 0.4) is 0 Å². The number of benzene rings is 3. The SMILES string of the molecule is CC1C(C(=O)c2ccccc2)=NN(c2ccc(Cl)cc2)C12CC(=O)c1ccccc12. The highest BCUT2D eigenvalue weighted by Gasteiger charge is 2.57. The Balaban J connectivity index is 1.70. The molecule has 0 fully saturated rings. The molecule has 1 aliphatic heterocycles. The van der Waals surface area contributed by atoms with Crippen LogP contribution in [0.1, 0.15) is 39.6 Å². The van der Waals surface area contributed by atoms with Crippen LogP contribution in [0, 0.1) is 5.92 Å². The number of hydrazone groups is 1. The first-order valence-corrected chi connectivity index (χ1v) is 10.3. The zero-order valence-corrected chi connectivity index (χ0v) is 17.1. The van der Waals surface area contributed by atoms with Crippen LogP contribution in [0.4, 0.5) is 5.69 Å². The average molecular weight is 415 g/mol. The van der Waals surface area contributed by atoms with E-state index < -0.39 is 5.54 Å². The molecule has 4 nitrogen and oxygen atoms in total. The van der Waals surface area contributed by atoms with Gasteiger partial charge in [0.25, 0.3) is 0 Å². The lowest BCUT2D eigenvalue weighted by molar-refractivity contribution is 0.0963. The Morgan fingerprint density at radius 1 is 1.00 bits per heavy atom. The van der Waals surface area contributed by atoms with E-state index >= 15 is 0 Å². The molecule has 5 heteroatoms. The molecule has 2 aliphatic rings. The fourth-order valence-electron chi connectivity index (χ4n) is 4.66. The highest BCUT2D eigenvalue weighted by molar-refractivity contribution is 6.47. The highest BCUT2D eigenvalue weighted by Crippen LogP contribution is 2.52. The Bertz CT molecular complexity index is 1190. The molecular weight excluding hydrogens is 396 g/mol. The number of carbonyl (C=O) groups excluding carboxylic acids is 2. The summed E-state index contributed by atoms with van der Waals surface area (Å²) in [5.74, 6) is -0.315. The molecule has 0 N–H and O–H groups in total. The first kappa shape index (κ1) is 18.8. The van der Waals surface area contributed by atoms with Gasteiger partial charge in [0.15, 0.2) is 5.78 Å². The number of ketones is 2. The van der Waals surface area contributed by atoms with Gasteiger partial charge in [-0.25, -0.2) is 0 Å². The summed E-state index contributed by atoms with van der Waals surface area (Å²) in [7, 11) is 0. The third-order valence-electron chi connectivity index (χ3n) is 6.18. The maximum absolute atomic E-state index is 13.4. The van der Waals surface area contributed by atoms with Gasteiger partial charge in [-0.1, -0.05) is 73.1 Å². The quantitative estimate of drug-likeness (QED) is 0.530. The molecule has 1 heterocycles. The molecule has 30 heavy (non-hydrogen) atoms. The van der Waals surface area contributed by atoms with Crippen molar-refractivity contribution < 1.29 is 9.59 Å². The minimum absolute atomic E-state index is 0.0695. The summed E-state index contributed by atoms with van der Waals surface area (Å²) in [6.45, 7) is 1.99. The predicted octanol–water partition coefficient (Wildman–Crippen LogP) is 5.52. The van der Waals surface area contributed by atoms with E-state index in [1.807, 2.05) is 66.5 Å². The summed E-state index contributed by atoms with van der Waals surface area (Å²) in [5, 5.41) is 7.29. The Kier molecular flexibility index (Phi) is 4.33. The van der Waals surface area contributed by atoms with Gasteiger partial charge in [0, 0.05) is 28.5 Å². The van der Waals surface area contributed by atoms with Crippen molar-refractivity contribution in [2.45, 2.75) is 18.9 Å². The van der Waals surface area contributed by atoms with E-state index in [0.717, 1.165) is 11.3 Å². The summed E-state index contributed by atoms with van der Waals surface area (Å²) >= 11 is 6.10. The standard InChI is InChI=1S/C25H19ClN2O2/c1-16-23(24(30)17-7-3-2-4-8-17)27-28(19-13-11-18(26)12-14-19)25(16)15-22(29)20-9-5-6-10-21(20)25/h2-14,16H,15H2,1H3. The van der Waals surface area contributed by atoms with Crippen molar-refractivity contribution in [3.63, 3.8) is 0 Å². The molecule has 1 spiro atoms. The van der Waals surface area contributed by atoms with E-state index in [0.29, 0.717) is 21.9 Å². The lowest BCUT2D eigenvalue weighted by atomic mass is 9.76. The van der Waals surface area contributed by atoms with Crippen molar-refractivity contribution in [3.05, 3.63) is 101 Å². The number of hydrogen-bond donors (Lipinski definition) is 0. The van der Waals surface area contributed by atoms with Crippen molar-refractivity contribution in [1.29, 1.82) is 0 Å². The number of rotatable bonds is 3. The monoisotopic (exact) mass is 414 g/mol. The number of Topliss-reactive ketones (excluding diaryl/α,β-unsaturated/α-hetero) is 2. The number of halogens is 1. The van der Waals surface area contributed by atoms with Gasteiger partial charge in [-0.15, -0.1) is 0 Å². The summed E-state index contributed by atoms with van der Waals surface area (Å²) in [4.78, 5) is 26.3. The lowest BCUT2D eigenvalue weighted by Gasteiger charge is -2.38. The van der Waals surface area contributed by atoms with Gasteiger partial charge in [-0.3, -0.25) is 14.6 Å². The minimum atomic E-state index is -0.735. The summed E-state index contributed by atoms with van der Waals surface area (Å²) in [6, 6.07) is 24.1. The first-order valence-electron chi connectivity index (χ1n) is 9.89. The number of carbonyl (C=O) groups is 2. The van der Waals surface area contributed by atoms with Crippen LogP contribution in [0.25, 0.3) is 0 Å². The summed E-state index contributed by atoms with van der Waals surface area (Å²) in [6.07, 6.45) is 0.269. The second kappa shape index (κ2) is 6.92. The van der Waals surface area contributed by atoms with E-state index in [4.69, 9.17) is 16.7 Å². The summed E-state index contributed by atoms with van der Waals surface area (Å²) < 4.78 is 0. The van der Waals surface area contributed by atoms with Crippen molar-refractivity contribution in [3.8, 4) is 0 Å². The molecule has 0 radical (unpaired) electrons. The van der Waals surface area contributed by atoms with Crippen molar-refractivity contribution in [2.75, 3.05) is 5.01 Å². The number of fused-ring (bicyclic) bond motifs is 2. The molecule has 0 saturated heterocycles. The van der Waals surface area contributed by atoms with E-state index in [9.17, 15) is 9.59 Å². The third kappa shape index (κ3) is 2.64. The molecule has 0 aromatic heterocycles. The first-order chi connectivity index (χ1) is 14.5.